The highest BCUT2D eigenvalue weighted by Gasteiger charge is 2.01. The molecule has 0 N–H and O–H groups in total. The zero-order valence-corrected chi connectivity index (χ0v) is 10.6. The van der Waals surface area contributed by atoms with Crippen molar-refractivity contribution in [3.8, 4) is 11.1 Å². The Balaban J connectivity index is 2.18. The van der Waals surface area contributed by atoms with Gasteiger partial charge in [-0.05, 0) is 34.1 Å². The third-order valence-electron chi connectivity index (χ3n) is 2.63. The van der Waals surface area contributed by atoms with E-state index >= 15 is 0 Å². The largest absolute Gasteiger partial charge is 0.263 e. The van der Waals surface area contributed by atoms with Crippen LogP contribution in [0.3, 0.4) is 0 Å². The maximum absolute atomic E-state index is 4.44. The molecule has 3 heteroatoms. The van der Waals surface area contributed by atoms with Crippen molar-refractivity contribution in [3.63, 3.8) is 0 Å². The second kappa shape index (κ2) is 4.26. The van der Waals surface area contributed by atoms with Crippen LogP contribution in [0.1, 0.15) is 0 Å². The molecule has 2 nitrogen and oxygen atoms in total. The molecule has 0 bridgehead atoms. The van der Waals surface area contributed by atoms with E-state index < -0.39 is 0 Å². The molecule has 0 aliphatic carbocycles. The van der Waals surface area contributed by atoms with Crippen LogP contribution in [0.4, 0.5) is 0 Å². The number of fused-ring (bicyclic) bond motifs is 1. The van der Waals surface area contributed by atoms with Crippen LogP contribution in [0.5, 0.6) is 0 Å². The van der Waals surface area contributed by atoms with Crippen molar-refractivity contribution in [1.82, 2.24) is 9.97 Å². The van der Waals surface area contributed by atoms with Gasteiger partial charge in [-0.3, -0.25) is 9.97 Å². The Kier molecular flexibility index (Phi) is 2.61. The van der Waals surface area contributed by atoms with E-state index in [1.165, 1.54) is 0 Å². The summed E-state index contributed by atoms with van der Waals surface area (Å²) in [4.78, 5) is 8.61. The first-order valence-corrected chi connectivity index (χ1v) is 6.08. The first kappa shape index (κ1) is 10.4. The molecule has 3 aromatic rings. The lowest BCUT2D eigenvalue weighted by Gasteiger charge is -2.03. The van der Waals surface area contributed by atoms with Crippen LogP contribution >= 0.6 is 15.9 Å². The van der Waals surface area contributed by atoms with Gasteiger partial charge in [0.15, 0.2) is 0 Å². The Morgan fingerprint density at radius 1 is 0.882 bits per heavy atom. The molecule has 17 heavy (non-hydrogen) atoms. The van der Waals surface area contributed by atoms with Gasteiger partial charge < -0.3 is 0 Å². The highest BCUT2D eigenvalue weighted by atomic mass is 79.9. The molecule has 0 aliphatic heterocycles. The van der Waals surface area contributed by atoms with Crippen molar-refractivity contribution in [3.05, 3.63) is 59.5 Å². The van der Waals surface area contributed by atoms with E-state index in [-0.39, 0.29) is 0 Å². The SMILES string of the molecule is Brc1cncc(-c2cnc3ccccc3c2)c1. The van der Waals surface area contributed by atoms with Crippen LogP contribution in [0.25, 0.3) is 22.0 Å². The van der Waals surface area contributed by atoms with Gasteiger partial charge in [0.05, 0.1) is 5.52 Å². The number of pyridine rings is 2. The fourth-order valence-corrected chi connectivity index (χ4v) is 2.16. The Morgan fingerprint density at radius 2 is 1.71 bits per heavy atom. The maximum atomic E-state index is 4.44. The summed E-state index contributed by atoms with van der Waals surface area (Å²) in [5.74, 6) is 0. The Labute approximate surface area is 107 Å². The van der Waals surface area contributed by atoms with E-state index in [2.05, 4.69) is 38.0 Å². The average molecular weight is 285 g/mol. The first-order valence-electron chi connectivity index (χ1n) is 5.29. The molecule has 0 unspecified atom stereocenters. The van der Waals surface area contributed by atoms with Gasteiger partial charge in [-0.25, -0.2) is 0 Å². The van der Waals surface area contributed by atoms with Crippen LogP contribution in [0.15, 0.2) is 59.5 Å². The predicted molar refractivity (Wildman–Crippen MR) is 72.7 cm³/mol. The fourth-order valence-electron chi connectivity index (χ4n) is 1.80. The van der Waals surface area contributed by atoms with Gasteiger partial charge in [-0.2, -0.15) is 0 Å². The van der Waals surface area contributed by atoms with Crippen molar-refractivity contribution < 1.29 is 0 Å². The molecule has 2 aromatic heterocycles. The normalized spacial score (nSPS) is 10.6. The lowest BCUT2D eigenvalue weighted by atomic mass is 10.1. The van der Waals surface area contributed by atoms with Gasteiger partial charge in [0, 0.05) is 39.6 Å². The average Bonchev–Trinajstić information content (AvgIpc) is 2.38. The van der Waals surface area contributed by atoms with Crippen LogP contribution in [-0.2, 0) is 0 Å². The lowest BCUT2D eigenvalue weighted by Crippen LogP contribution is -1.84. The van der Waals surface area contributed by atoms with Gasteiger partial charge in [0.2, 0.25) is 0 Å². The Morgan fingerprint density at radius 3 is 2.59 bits per heavy atom. The second-order valence-electron chi connectivity index (χ2n) is 3.81. The van der Waals surface area contributed by atoms with E-state index in [4.69, 9.17) is 0 Å². The standard InChI is InChI=1S/C14H9BrN2/c15-13-6-12(7-16-9-13)11-5-10-3-1-2-4-14(10)17-8-11/h1-9H. The van der Waals surface area contributed by atoms with Crippen molar-refractivity contribution in [2.45, 2.75) is 0 Å². The molecular weight excluding hydrogens is 276 g/mol. The number of para-hydroxylation sites is 1. The molecule has 2 heterocycles. The van der Waals surface area contributed by atoms with Crippen LogP contribution in [0.2, 0.25) is 0 Å². The third-order valence-corrected chi connectivity index (χ3v) is 3.06. The molecule has 0 saturated heterocycles. The summed E-state index contributed by atoms with van der Waals surface area (Å²) in [7, 11) is 0. The van der Waals surface area contributed by atoms with E-state index in [9.17, 15) is 0 Å². The summed E-state index contributed by atoms with van der Waals surface area (Å²) in [6.07, 6.45) is 5.50. The highest BCUT2D eigenvalue weighted by molar-refractivity contribution is 9.10. The fraction of sp³-hybridized carbons (Fsp3) is 0. The Hall–Kier alpha value is -1.74. The molecule has 0 radical (unpaired) electrons. The predicted octanol–water partition coefficient (Wildman–Crippen LogP) is 4.06. The molecule has 0 atom stereocenters. The summed E-state index contributed by atoms with van der Waals surface area (Å²) in [6.45, 7) is 0. The van der Waals surface area contributed by atoms with Crippen LogP contribution in [0, 0.1) is 0 Å². The molecular formula is C14H9BrN2. The molecule has 0 fully saturated rings. The molecule has 82 valence electrons. The van der Waals surface area contributed by atoms with Crippen molar-refractivity contribution in [2.75, 3.05) is 0 Å². The topological polar surface area (TPSA) is 25.8 Å². The molecule has 3 rings (SSSR count). The summed E-state index contributed by atoms with van der Waals surface area (Å²) >= 11 is 3.43. The highest BCUT2D eigenvalue weighted by Crippen LogP contribution is 2.24. The van der Waals surface area contributed by atoms with Crippen LogP contribution < -0.4 is 0 Å². The van der Waals surface area contributed by atoms with E-state index in [0.29, 0.717) is 0 Å². The monoisotopic (exact) mass is 284 g/mol. The van der Waals surface area contributed by atoms with Crippen LogP contribution in [-0.4, -0.2) is 9.97 Å². The minimum Gasteiger partial charge on any atom is -0.263 e. The number of nitrogens with zero attached hydrogens (tertiary/aromatic N) is 2. The van der Waals surface area contributed by atoms with Gasteiger partial charge >= 0.3 is 0 Å². The summed E-state index contributed by atoms with van der Waals surface area (Å²) in [6, 6.07) is 12.3. The number of rotatable bonds is 1. The summed E-state index contributed by atoms with van der Waals surface area (Å²) < 4.78 is 0.975. The smallest absolute Gasteiger partial charge is 0.0702 e. The molecule has 0 amide bonds. The zero-order valence-electron chi connectivity index (χ0n) is 8.97. The quantitative estimate of drug-likeness (QED) is 0.673. The summed E-state index contributed by atoms with van der Waals surface area (Å²) in [5.41, 5.74) is 3.16. The number of benzene rings is 1. The van der Waals surface area contributed by atoms with Gasteiger partial charge in [-0.15, -0.1) is 0 Å². The summed E-state index contributed by atoms with van der Waals surface area (Å²) in [5, 5.41) is 1.14. The zero-order chi connectivity index (χ0) is 11.7. The molecule has 1 aromatic carbocycles. The molecule has 0 aliphatic rings. The number of aromatic nitrogens is 2. The van der Waals surface area contributed by atoms with Gasteiger partial charge in [0.25, 0.3) is 0 Å². The second-order valence-corrected chi connectivity index (χ2v) is 4.72. The Bertz CT molecular complexity index is 680. The van der Waals surface area contributed by atoms with E-state index in [1.807, 2.05) is 36.7 Å². The first-order chi connectivity index (χ1) is 8.33. The number of hydrogen-bond donors (Lipinski definition) is 0. The maximum Gasteiger partial charge on any atom is 0.0702 e. The van der Waals surface area contributed by atoms with E-state index in [1.54, 1.807) is 6.20 Å². The van der Waals surface area contributed by atoms with Crippen molar-refractivity contribution in [1.29, 1.82) is 0 Å². The number of hydrogen-bond acceptors (Lipinski definition) is 2. The van der Waals surface area contributed by atoms with E-state index in [0.717, 1.165) is 26.5 Å². The molecule has 0 spiro atoms. The number of halogens is 1. The van der Waals surface area contributed by atoms with Gasteiger partial charge in [-0.1, -0.05) is 18.2 Å². The third kappa shape index (κ3) is 2.06. The van der Waals surface area contributed by atoms with Crippen molar-refractivity contribution in [2.24, 2.45) is 0 Å². The van der Waals surface area contributed by atoms with Gasteiger partial charge in [0.1, 0.15) is 0 Å². The minimum atomic E-state index is 0.975. The lowest BCUT2D eigenvalue weighted by molar-refractivity contribution is 1.30. The van der Waals surface area contributed by atoms with Crippen molar-refractivity contribution >= 4 is 26.8 Å². The molecule has 0 saturated carbocycles. The minimum absolute atomic E-state index is 0.975.